The maximum atomic E-state index is 13.7. The lowest BCUT2D eigenvalue weighted by molar-refractivity contribution is 0.0950. The van der Waals surface area contributed by atoms with Crippen molar-refractivity contribution in [3.8, 4) is 22.8 Å². The van der Waals surface area contributed by atoms with Crippen molar-refractivity contribution < 1.29 is 18.6 Å². The third kappa shape index (κ3) is 4.14. The highest BCUT2D eigenvalue weighted by Crippen LogP contribution is 2.28. The molecule has 0 fully saturated rings. The molecule has 0 radical (unpaired) electrons. The number of nitrogens with two attached hydrogens (primary N) is 1. The molecule has 0 unspecified atom stereocenters. The summed E-state index contributed by atoms with van der Waals surface area (Å²) in [6.45, 7) is 2.38. The lowest BCUT2D eigenvalue weighted by atomic mass is 10.1. The zero-order valence-corrected chi connectivity index (χ0v) is 16.8. The van der Waals surface area contributed by atoms with Crippen molar-refractivity contribution in [3.05, 3.63) is 65.6 Å². The number of rotatable bonds is 7. The Morgan fingerprint density at radius 3 is 2.72 bits per heavy atom. The average molecular weight is 436 g/mol. The molecule has 4 rings (SSSR count). The summed E-state index contributed by atoms with van der Waals surface area (Å²) in [5.41, 5.74) is 9.10. The van der Waals surface area contributed by atoms with Crippen molar-refractivity contribution in [2.24, 2.45) is 5.10 Å². The molecule has 1 amide bonds. The molecule has 0 aliphatic carbocycles. The summed E-state index contributed by atoms with van der Waals surface area (Å²) in [5, 5.41) is 19.0. The monoisotopic (exact) mass is 436 g/mol. The highest BCUT2D eigenvalue weighted by Gasteiger charge is 2.25. The van der Waals surface area contributed by atoms with Gasteiger partial charge in [0.05, 0.1) is 12.8 Å². The highest BCUT2D eigenvalue weighted by molar-refractivity contribution is 5.98. The van der Waals surface area contributed by atoms with Gasteiger partial charge in [-0.2, -0.15) is 9.78 Å². The molecular weight excluding hydrogens is 419 g/mol. The van der Waals surface area contributed by atoms with Gasteiger partial charge in [0.15, 0.2) is 5.69 Å². The highest BCUT2D eigenvalue weighted by atomic mass is 19.1. The molecule has 4 aromatic rings. The number of hydrogen-bond donors (Lipinski definition) is 2. The van der Waals surface area contributed by atoms with Crippen molar-refractivity contribution in [3.63, 3.8) is 0 Å². The first-order valence-electron chi connectivity index (χ1n) is 9.43. The number of nitrogen functional groups attached to an aromatic ring is 1. The lowest BCUT2D eigenvalue weighted by Gasteiger charge is -2.07. The van der Waals surface area contributed by atoms with Crippen LogP contribution in [0.3, 0.4) is 0 Å². The first kappa shape index (κ1) is 20.7. The summed E-state index contributed by atoms with van der Waals surface area (Å²) in [5.74, 6) is -0.469. The van der Waals surface area contributed by atoms with Gasteiger partial charge >= 0.3 is 0 Å². The normalized spacial score (nSPS) is 11.1. The van der Waals surface area contributed by atoms with Gasteiger partial charge in [-0.1, -0.05) is 23.4 Å². The standard InChI is InChI=1S/C20H17FN8O3/c1-2-31-14-9-7-12(8-10-14)17-16(24-28-29(17)19-18(22)26-32-27-19)20(30)25-23-11-13-5-3-4-6-15(13)21/h3-11H,2H2,1H3,(H2,22,26)(H,25,30). The number of carbonyl (C=O) groups is 1. The van der Waals surface area contributed by atoms with Crippen molar-refractivity contribution in [2.45, 2.75) is 6.92 Å². The Morgan fingerprint density at radius 2 is 2.03 bits per heavy atom. The van der Waals surface area contributed by atoms with Crippen LogP contribution in [0.2, 0.25) is 0 Å². The van der Waals surface area contributed by atoms with Gasteiger partial charge in [-0.25, -0.2) is 14.4 Å². The average Bonchev–Trinajstić information content (AvgIpc) is 3.42. The van der Waals surface area contributed by atoms with Crippen LogP contribution < -0.4 is 15.9 Å². The van der Waals surface area contributed by atoms with Crippen LogP contribution in [0.4, 0.5) is 10.2 Å². The second-order valence-electron chi connectivity index (χ2n) is 6.35. The van der Waals surface area contributed by atoms with E-state index in [2.05, 4.69) is 35.8 Å². The molecule has 11 nitrogen and oxygen atoms in total. The van der Waals surface area contributed by atoms with Gasteiger partial charge in [0, 0.05) is 11.1 Å². The number of benzene rings is 2. The third-order valence-corrected chi connectivity index (χ3v) is 4.30. The number of ether oxygens (including phenoxy) is 1. The number of aromatic nitrogens is 5. The van der Waals surface area contributed by atoms with Gasteiger partial charge in [0.1, 0.15) is 17.3 Å². The van der Waals surface area contributed by atoms with Gasteiger partial charge in [0.25, 0.3) is 5.91 Å². The second-order valence-corrected chi connectivity index (χ2v) is 6.35. The summed E-state index contributed by atoms with van der Waals surface area (Å²) < 4.78 is 25.1. The van der Waals surface area contributed by atoms with Gasteiger partial charge in [-0.15, -0.1) is 5.10 Å². The number of carbonyl (C=O) groups excluding carboxylic acids is 1. The summed E-state index contributed by atoms with van der Waals surface area (Å²) in [6.07, 6.45) is 1.19. The maximum absolute atomic E-state index is 13.7. The van der Waals surface area contributed by atoms with E-state index in [1.54, 1.807) is 36.4 Å². The van der Waals surface area contributed by atoms with Crippen LogP contribution in [0.25, 0.3) is 17.1 Å². The van der Waals surface area contributed by atoms with E-state index in [1.807, 2.05) is 6.92 Å². The third-order valence-electron chi connectivity index (χ3n) is 4.30. The van der Waals surface area contributed by atoms with Gasteiger partial charge in [-0.3, -0.25) is 4.79 Å². The molecule has 0 aliphatic heterocycles. The Labute approximate surface area is 180 Å². The van der Waals surface area contributed by atoms with Crippen molar-refractivity contribution >= 4 is 17.9 Å². The fourth-order valence-corrected chi connectivity index (χ4v) is 2.85. The summed E-state index contributed by atoms with van der Waals surface area (Å²) >= 11 is 0. The Hall–Kier alpha value is -4.61. The van der Waals surface area contributed by atoms with Crippen LogP contribution in [-0.4, -0.2) is 44.0 Å². The van der Waals surface area contributed by atoms with E-state index < -0.39 is 11.7 Å². The van der Waals surface area contributed by atoms with Gasteiger partial charge in [0.2, 0.25) is 11.6 Å². The quantitative estimate of drug-likeness (QED) is 0.331. The van der Waals surface area contributed by atoms with Crippen molar-refractivity contribution in [1.82, 2.24) is 30.7 Å². The van der Waals surface area contributed by atoms with E-state index in [0.717, 1.165) is 0 Å². The summed E-state index contributed by atoms with van der Waals surface area (Å²) in [7, 11) is 0. The van der Waals surface area contributed by atoms with Crippen LogP contribution in [-0.2, 0) is 0 Å². The van der Waals surface area contributed by atoms with E-state index >= 15 is 0 Å². The molecule has 2 aromatic heterocycles. The van der Waals surface area contributed by atoms with Gasteiger partial charge in [-0.05, 0) is 47.6 Å². The zero-order valence-electron chi connectivity index (χ0n) is 16.8. The van der Waals surface area contributed by atoms with Gasteiger partial charge < -0.3 is 10.5 Å². The van der Waals surface area contributed by atoms with E-state index in [0.29, 0.717) is 17.9 Å². The Morgan fingerprint density at radius 1 is 1.25 bits per heavy atom. The minimum atomic E-state index is -0.678. The van der Waals surface area contributed by atoms with E-state index in [4.69, 9.17) is 10.5 Å². The fourth-order valence-electron chi connectivity index (χ4n) is 2.85. The van der Waals surface area contributed by atoms with E-state index in [9.17, 15) is 9.18 Å². The molecule has 0 saturated carbocycles. The van der Waals surface area contributed by atoms with Crippen molar-refractivity contribution in [2.75, 3.05) is 12.3 Å². The number of nitrogens with zero attached hydrogens (tertiary/aromatic N) is 6. The summed E-state index contributed by atoms with van der Waals surface area (Å²) in [6, 6.07) is 12.9. The molecule has 0 bridgehead atoms. The zero-order chi connectivity index (χ0) is 22.5. The first-order valence-corrected chi connectivity index (χ1v) is 9.43. The Balaban J connectivity index is 1.69. The number of anilines is 1. The SMILES string of the molecule is CCOc1ccc(-c2c(C(=O)NN=Cc3ccccc3F)nnn2-c2nonc2N)cc1. The van der Waals surface area contributed by atoms with Crippen LogP contribution in [0.5, 0.6) is 5.75 Å². The first-order chi connectivity index (χ1) is 15.6. The molecular formula is C20H17FN8O3. The largest absolute Gasteiger partial charge is 0.494 e. The van der Waals surface area contributed by atoms with E-state index in [1.165, 1.54) is 23.0 Å². The molecule has 162 valence electrons. The van der Waals surface area contributed by atoms with Crippen LogP contribution in [0.1, 0.15) is 23.0 Å². The predicted molar refractivity (Wildman–Crippen MR) is 112 cm³/mol. The smallest absolute Gasteiger partial charge is 0.294 e. The minimum absolute atomic E-state index is 0.0355. The summed E-state index contributed by atoms with van der Waals surface area (Å²) in [4.78, 5) is 12.8. The predicted octanol–water partition coefficient (Wildman–Crippen LogP) is 2.20. The molecule has 3 N–H and O–H groups in total. The Bertz CT molecular complexity index is 1270. The molecule has 2 heterocycles. The molecule has 2 aromatic carbocycles. The number of nitrogens with one attached hydrogen (secondary N) is 1. The fraction of sp³-hybridized carbons (Fsp3) is 0.100. The maximum Gasteiger partial charge on any atom is 0.294 e. The van der Waals surface area contributed by atoms with Crippen LogP contribution >= 0.6 is 0 Å². The number of halogens is 1. The topological polar surface area (TPSA) is 146 Å². The van der Waals surface area contributed by atoms with Crippen LogP contribution in [0.15, 0.2) is 58.3 Å². The van der Waals surface area contributed by atoms with E-state index in [-0.39, 0.29) is 28.6 Å². The van der Waals surface area contributed by atoms with Crippen LogP contribution in [0, 0.1) is 5.82 Å². The second kappa shape index (κ2) is 9.04. The molecule has 0 spiro atoms. The molecule has 0 saturated heterocycles. The number of amides is 1. The molecule has 0 aliphatic rings. The molecule has 0 atom stereocenters. The molecule has 32 heavy (non-hydrogen) atoms. The Kier molecular flexibility index (Phi) is 5.83. The van der Waals surface area contributed by atoms with Crippen molar-refractivity contribution in [1.29, 1.82) is 0 Å². The molecule has 12 heteroatoms. The minimum Gasteiger partial charge on any atom is -0.494 e. The lowest BCUT2D eigenvalue weighted by Crippen LogP contribution is -2.19. The number of hydrogen-bond acceptors (Lipinski definition) is 9. The number of hydrazone groups is 1.